The van der Waals surface area contributed by atoms with Crippen LogP contribution < -0.4 is 5.32 Å². The van der Waals surface area contributed by atoms with Gasteiger partial charge in [-0.2, -0.15) is 0 Å². The normalized spacial score (nSPS) is 22.8. The number of alkyl halides is 2. The Labute approximate surface area is 71.5 Å². The molecule has 1 heterocycles. The van der Waals surface area contributed by atoms with E-state index in [0.717, 1.165) is 5.70 Å². The lowest BCUT2D eigenvalue weighted by Gasteiger charge is -2.22. The van der Waals surface area contributed by atoms with E-state index in [1.165, 1.54) is 0 Å². The molecular weight excluding hydrogens is 246 g/mol. The lowest BCUT2D eigenvalue weighted by atomic mass is 10.3. The summed E-state index contributed by atoms with van der Waals surface area (Å²) in [6.45, 7) is 2.01. The quantitative estimate of drug-likeness (QED) is 0.516. The topological polar surface area (TPSA) is 12.0 Å². The summed E-state index contributed by atoms with van der Waals surface area (Å²) in [6.07, 6.45) is 6.00. The van der Waals surface area contributed by atoms with Gasteiger partial charge in [-0.15, -0.1) is 0 Å². The molecule has 0 atom stereocenters. The van der Waals surface area contributed by atoms with Gasteiger partial charge in [-0.3, -0.25) is 0 Å². The molecule has 0 aliphatic carbocycles. The molecule has 0 unspecified atom stereocenters. The van der Waals surface area contributed by atoms with Crippen molar-refractivity contribution in [2.45, 2.75) is 10.3 Å². The van der Waals surface area contributed by atoms with E-state index in [1.807, 2.05) is 25.2 Å². The number of nitrogens with one attached hydrogen (secondary N) is 1. The molecule has 50 valence electrons. The minimum atomic E-state index is -0.223. The highest BCUT2D eigenvalue weighted by molar-refractivity contribution is 9.25. The summed E-state index contributed by atoms with van der Waals surface area (Å²) in [6, 6.07) is 0. The van der Waals surface area contributed by atoms with E-state index < -0.39 is 0 Å². The fraction of sp³-hybridized carbons (Fsp3) is 0.333. The lowest BCUT2D eigenvalue weighted by Crippen LogP contribution is -2.30. The maximum atomic E-state index is 3.41. The summed E-state index contributed by atoms with van der Waals surface area (Å²) in [5.41, 5.74) is 1.14. The fourth-order valence-electron chi connectivity index (χ4n) is 0.660. The third-order valence-corrected chi connectivity index (χ3v) is 1.94. The van der Waals surface area contributed by atoms with Gasteiger partial charge in [0.15, 0.2) is 3.36 Å². The summed E-state index contributed by atoms with van der Waals surface area (Å²) in [7, 11) is 0. The van der Waals surface area contributed by atoms with Crippen molar-refractivity contribution in [3.63, 3.8) is 0 Å². The van der Waals surface area contributed by atoms with E-state index in [2.05, 4.69) is 37.2 Å². The lowest BCUT2D eigenvalue weighted by molar-refractivity contribution is 0.821. The first-order valence-corrected chi connectivity index (χ1v) is 4.21. The molecule has 1 rings (SSSR count). The molecule has 0 aromatic heterocycles. The second-order valence-corrected chi connectivity index (χ2v) is 5.52. The van der Waals surface area contributed by atoms with Crippen LogP contribution in [-0.2, 0) is 0 Å². The minimum Gasteiger partial charge on any atom is -0.362 e. The first-order chi connectivity index (χ1) is 4.10. The van der Waals surface area contributed by atoms with Crippen LogP contribution >= 0.6 is 31.9 Å². The smallest absolute Gasteiger partial charge is 0.168 e. The molecule has 0 saturated carbocycles. The number of hydrogen-bond donors (Lipinski definition) is 1. The van der Waals surface area contributed by atoms with Crippen LogP contribution in [0.1, 0.15) is 6.92 Å². The summed E-state index contributed by atoms with van der Waals surface area (Å²) < 4.78 is -0.223. The van der Waals surface area contributed by atoms with Crippen LogP contribution in [0.3, 0.4) is 0 Å². The Hall–Kier alpha value is 0.240. The predicted octanol–water partition coefficient (Wildman–Crippen LogP) is 2.49. The van der Waals surface area contributed by atoms with Crippen molar-refractivity contribution in [3.05, 3.63) is 23.9 Å². The molecule has 1 aliphatic rings. The van der Waals surface area contributed by atoms with Crippen LogP contribution in [0.5, 0.6) is 0 Å². The van der Waals surface area contributed by atoms with E-state index in [-0.39, 0.29) is 3.36 Å². The standard InChI is InChI=1S/C6H7Br2N/c1-5-3-2-4-6(7,8)9-5/h2-4,9H,1H3. The Kier molecular flexibility index (Phi) is 2.01. The Bertz CT molecular complexity index is 170. The Morgan fingerprint density at radius 3 is 2.56 bits per heavy atom. The van der Waals surface area contributed by atoms with Crippen LogP contribution in [-0.4, -0.2) is 3.36 Å². The molecule has 0 spiro atoms. The number of hydrogen-bond acceptors (Lipinski definition) is 1. The van der Waals surface area contributed by atoms with Crippen molar-refractivity contribution >= 4 is 31.9 Å². The molecule has 0 aromatic rings. The maximum Gasteiger partial charge on any atom is 0.168 e. The number of allylic oxidation sites excluding steroid dienone is 3. The third-order valence-electron chi connectivity index (χ3n) is 1.02. The largest absolute Gasteiger partial charge is 0.362 e. The maximum absolute atomic E-state index is 3.41. The third kappa shape index (κ3) is 2.14. The zero-order valence-electron chi connectivity index (χ0n) is 4.99. The van der Waals surface area contributed by atoms with Crippen LogP contribution in [0.15, 0.2) is 23.9 Å². The van der Waals surface area contributed by atoms with Crippen molar-refractivity contribution in [2.24, 2.45) is 0 Å². The Balaban J connectivity index is 2.73. The molecule has 0 saturated heterocycles. The minimum absolute atomic E-state index is 0.223. The average molecular weight is 253 g/mol. The fourth-order valence-corrected chi connectivity index (χ4v) is 1.59. The number of halogens is 2. The van der Waals surface area contributed by atoms with Gasteiger partial charge in [0.05, 0.1) is 0 Å². The molecule has 0 aromatic carbocycles. The zero-order valence-corrected chi connectivity index (χ0v) is 8.16. The monoisotopic (exact) mass is 251 g/mol. The van der Waals surface area contributed by atoms with Crippen molar-refractivity contribution in [1.82, 2.24) is 5.32 Å². The van der Waals surface area contributed by atoms with Crippen LogP contribution in [0.2, 0.25) is 0 Å². The van der Waals surface area contributed by atoms with Crippen LogP contribution in [0.4, 0.5) is 0 Å². The second kappa shape index (κ2) is 2.46. The van der Waals surface area contributed by atoms with Gasteiger partial charge in [0.25, 0.3) is 0 Å². The summed E-state index contributed by atoms with van der Waals surface area (Å²) in [5, 5.41) is 3.16. The second-order valence-electron chi connectivity index (χ2n) is 1.96. The van der Waals surface area contributed by atoms with Crippen LogP contribution in [0, 0.1) is 0 Å². The van der Waals surface area contributed by atoms with Crippen molar-refractivity contribution in [3.8, 4) is 0 Å². The highest BCUT2D eigenvalue weighted by atomic mass is 79.9. The Morgan fingerprint density at radius 1 is 1.56 bits per heavy atom. The van der Waals surface area contributed by atoms with Gasteiger partial charge < -0.3 is 5.32 Å². The molecule has 1 nitrogen and oxygen atoms in total. The van der Waals surface area contributed by atoms with E-state index in [4.69, 9.17) is 0 Å². The highest BCUT2D eigenvalue weighted by Gasteiger charge is 2.18. The highest BCUT2D eigenvalue weighted by Crippen LogP contribution is 2.27. The van der Waals surface area contributed by atoms with Crippen molar-refractivity contribution < 1.29 is 0 Å². The molecular formula is C6H7Br2N. The molecule has 0 radical (unpaired) electrons. The van der Waals surface area contributed by atoms with Crippen LogP contribution in [0.25, 0.3) is 0 Å². The molecule has 3 heteroatoms. The van der Waals surface area contributed by atoms with Crippen molar-refractivity contribution in [2.75, 3.05) is 0 Å². The van der Waals surface area contributed by atoms with Crippen molar-refractivity contribution in [1.29, 1.82) is 0 Å². The average Bonchev–Trinajstić information content (AvgIpc) is 1.60. The van der Waals surface area contributed by atoms with Gasteiger partial charge in [0.2, 0.25) is 0 Å². The summed E-state index contributed by atoms with van der Waals surface area (Å²) in [4.78, 5) is 0. The summed E-state index contributed by atoms with van der Waals surface area (Å²) >= 11 is 6.82. The molecule has 0 fully saturated rings. The molecule has 0 amide bonds. The van der Waals surface area contributed by atoms with Gasteiger partial charge in [-0.05, 0) is 50.9 Å². The van der Waals surface area contributed by atoms with Gasteiger partial charge in [-0.1, -0.05) is 6.08 Å². The first-order valence-electron chi connectivity index (χ1n) is 2.62. The van der Waals surface area contributed by atoms with Gasteiger partial charge in [-0.25, -0.2) is 0 Å². The van der Waals surface area contributed by atoms with E-state index in [1.54, 1.807) is 0 Å². The molecule has 1 aliphatic heterocycles. The number of rotatable bonds is 0. The number of dihydropyridines is 1. The zero-order chi connectivity index (χ0) is 6.91. The van der Waals surface area contributed by atoms with E-state index in [0.29, 0.717) is 0 Å². The Morgan fingerprint density at radius 2 is 2.22 bits per heavy atom. The van der Waals surface area contributed by atoms with Gasteiger partial charge in [0, 0.05) is 5.70 Å². The van der Waals surface area contributed by atoms with E-state index in [9.17, 15) is 0 Å². The van der Waals surface area contributed by atoms with Gasteiger partial charge in [0.1, 0.15) is 0 Å². The molecule has 0 bridgehead atoms. The van der Waals surface area contributed by atoms with Gasteiger partial charge >= 0.3 is 0 Å². The summed E-state index contributed by atoms with van der Waals surface area (Å²) in [5.74, 6) is 0. The SMILES string of the molecule is CC1=CC=CC(Br)(Br)N1. The molecule has 1 N–H and O–H groups in total. The predicted molar refractivity (Wildman–Crippen MR) is 46.6 cm³/mol. The first kappa shape index (κ1) is 7.35. The van der Waals surface area contributed by atoms with E-state index >= 15 is 0 Å². The molecule has 9 heavy (non-hydrogen) atoms.